The first-order valence-corrected chi connectivity index (χ1v) is 32.5. The average molecular weight is 1120 g/mol. The van der Waals surface area contributed by atoms with Gasteiger partial charge >= 0.3 is 0 Å². The highest BCUT2D eigenvalue weighted by Gasteiger charge is 2.64. The number of benzene rings is 5. The zero-order valence-corrected chi connectivity index (χ0v) is 53.9. The van der Waals surface area contributed by atoms with Crippen molar-refractivity contribution in [3.8, 4) is 0 Å². The molecular weight excluding hydrogens is 1010 g/mol. The van der Waals surface area contributed by atoms with Crippen LogP contribution in [0.4, 0.5) is 34.3 Å². The van der Waals surface area contributed by atoms with Gasteiger partial charge in [-0.3, -0.25) is 0 Å². The van der Waals surface area contributed by atoms with Gasteiger partial charge in [0.1, 0.15) is 5.82 Å². The molecule has 5 nitrogen and oxygen atoms in total. The molecule has 5 saturated carbocycles. The van der Waals surface area contributed by atoms with E-state index in [0.717, 1.165) is 30.5 Å². The lowest BCUT2D eigenvalue weighted by atomic mass is 9.51. The number of para-hydroxylation sites is 5. The molecule has 5 heterocycles. The number of pyridine rings is 1. The molecule has 83 heavy (non-hydrogen) atoms. The van der Waals surface area contributed by atoms with Gasteiger partial charge in [-0.15, -0.1) is 0 Å². The number of aryl methyl sites for hydroxylation is 4. The SMILES string of the molecule is Cc1ccccc1N1c2ccccc2C(C)(C)C1C.Cc1ccccc1N1c2ncccc2C(C)(C)C1C.[2H]C1([2H])C2(C3CCC4CC(C3)CC2C4)C(C)N(c2ccccc2C)C1(C)C.[2H]C1([2H])C2(CCCCC2)C(C)N(c2ccccc2C)C1(C)C. The van der Waals surface area contributed by atoms with Gasteiger partial charge in [0.25, 0.3) is 0 Å². The quantitative estimate of drug-likeness (QED) is 0.175. The zero-order chi connectivity index (χ0) is 62.6. The molecule has 4 aliphatic heterocycles. The van der Waals surface area contributed by atoms with E-state index in [1.165, 1.54) is 120 Å². The standard InChI is InChI=1S/C24H35N.C19H29N.C18H21N.C17H20N2/c1-16-7-5-6-8-22(16)25-17(2)24(15-23(25,3)4)20-10-9-18-11-19(13-20)14-21(24)12-18;1-15-10-6-7-11-17(15)20-16(2)19(14-18(20,3)4)12-8-5-9-13-19;1-13-9-5-7-11-16(13)19-14(2)18(3,4)15-10-6-8-12-17(15)19;1-12-8-5-6-10-15(12)19-13(2)17(3,4)14-9-7-11-18-16(14)19/h5-8,17-21H,9-15H2,1-4H3;6-7,10-11,16H,5,8-9,12-14H2,1-4H3;5-12,14H,1-4H3;5-11,13H,1-4H3/i15D2;14D2;;. The molecule has 2 saturated heterocycles. The minimum absolute atomic E-state index is 0.117. The van der Waals surface area contributed by atoms with E-state index in [0.29, 0.717) is 23.9 Å². The lowest BCUT2D eigenvalue weighted by Gasteiger charge is -2.54. The Balaban J connectivity index is 0.000000122. The van der Waals surface area contributed by atoms with Gasteiger partial charge < -0.3 is 19.6 Å². The fourth-order valence-corrected chi connectivity index (χ4v) is 18.4. The Morgan fingerprint density at radius 2 is 0.867 bits per heavy atom. The fourth-order valence-electron chi connectivity index (χ4n) is 18.4. The lowest BCUT2D eigenvalue weighted by Crippen LogP contribution is -2.52. The van der Waals surface area contributed by atoms with Crippen LogP contribution < -0.4 is 19.6 Å². The lowest BCUT2D eigenvalue weighted by molar-refractivity contribution is -0.0331. The summed E-state index contributed by atoms with van der Waals surface area (Å²) >= 11 is 0. The number of nitrogens with zero attached hydrogens (tertiary/aromatic N) is 5. The molecule has 0 amide bonds. The van der Waals surface area contributed by atoms with Crippen LogP contribution in [0.25, 0.3) is 0 Å². The number of fused-ring (bicyclic) bond motifs is 3. The van der Waals surface area contributed by atoms with Crippen molar-refractivity contribution in [3.05, 3.63) is 173 Å². The fraction of sp³-hybridized carbons (Fsp3) is 0.551. The largest absolute Gasteiger partial charge is 0.363 e. The van der Waals surface area contributed by atoms with Crippen LogP contribution in [0.5, 0.6) is 0 Å². The minimum atomic E-state index is -1.19. The monoisotopic (exact) mass is 1120 g/mol. The summed E-state index contributed by atoms with van der Waals surface area (Å²) in [5, 5.41) is 0. The maximum absolute atomic E-state index is 9.61. The van der Waals surface area contributed by atoms with Crippen molar-refractivity contribution in [2.75, 3.05) is 19.6 Å². The molecule has 5 heteroatoms. The van der Waals surface area contributed by atoms with Crippen LogP contribution in [0.1, 0.15) is 205 Å². The van der Waals surface area contributed by atoms with Gasteiger partial charge in [0.15, 0.2) is 0 Å². The summed E-state index contributed by atoms with van der Waals surface area (Å²) in [7, 11) is 0. The van der Waals surface area contributed by atoms with E-state index < -0.39 is 23.8 Å². The molecule has 0 N–H and O–H groups in total. The minimum Gasteiger partial charge on any atom is -0.363 e. The first kappa shape index (κ1) is 54.1. The smallest absolute Gasteiger partial charge is 0.137 e. The molecule has 9 unspecified atom stereocenters. The summed E-state index contributed by atoms with van der Waals surface area (Å²) in [4.78, 5) is 14.4. The van der Waals surface area contributed by atoms with Crippen molar-refractivity contribution < 1.29 is 5.48 Å². The number of hydrogen-bond donors (Lipinski definition) is 0. The van der Waals surface area contributed by atoms with E-state index in [9.17, 15) is 2.74 Å². The molecular formula is C78H105N5. The van der Waals surface area contributed by atoms with Crippen LogP contribution in [-0.2, 0) is 10.8 Å². The first-order valence-electron chi connectivity index (χ1n) is 34.5. The van der Waals surface area contributed by atoms with Gasteiger partial charge in [0, 0.05) is 91.8 Å². The van der Waals surface area contributed by atoms with E-state index in [2.05, 4.69) is 263 Å². The van der Waals surface area contributed by atoms with E-state index in [1.807, 2.05) is 12.3 Å². The molecule has 0 radical (unpaired) electrons. The number of hydrogen-bond acceptors (Lipinski definition) is 5. The number of anilines is 6. The van der Waals surface area contributed by atoms with Gasteiger partial charge in [0.2, 0.25) is 0 Å². The van der Waals surface area contributed by atoms with E-state index in [-0.39, 0.29) is 33.7 Å². The van der Waals surface area contributed by atoms with Crippen LogP contribution in [-0.4, -0.2) is 40.2 Å². The van der Waals surface area contributed by atoms with Gasteiger partial charge in [-0.05, 0) is 239 Å². The molecule has 442 valence electrons. The van der Waals surface area contributed by atoms with Gasteiger partial charge in [-0.1, -0.05) is 150 Å². The van der Waals surface area contributed by atoms with Crippen molar-refractivity contribution in [2.45, 2.75) is 240 Å². The molecule has 5 aromatic carbocycles. The van der Waals surface area contributed by atoms with E-state index >= 15 is 0 Å². The molecule has 4 bridgehead atoms. The summed E-state index contributed by atoms with van der Waals surface area (Å²) in [6, 6.07) is 48.6. The maximum Gasteiger partial charge on any atom is 0.137 e. The predicted octanol–water partition coefficient (Wildman–Crippen LogP) is 20.5. The Morgan fingerprint density at radius 1 is 0.422 bits per heavy atom. The third kappa shape index (κ3) is 10.2. The molecule has 6 aromatic rings. The Kier molecular flexibility index (Phi) is 14.6. The molecule has 9 aliphatic rings. The second-order valence-corrected chi connectivity index (χ2v) is 29.3. The summed E-state index contributed by atoms with van der Waals surface area (Å²) < 4.78 is 37.3. The Bertz CT molecular complexity index is 3330. The molecule has 15 rings (SSSR count). The molecule has 9 atom stereocenters. The normalized spacial score (nSPS) is 31.4. The molecule has 5 aliphatic carbocycles. The third-order valence-corrected chi connectivity index (χ3v) is 23.0. The van der Waals surface area contributed by atoms with Gasteiger partial charge in [0.05, 0.1) is 0 Å². The van der Waals surface area contributed by atoms with E-state index in [4.69, 9.17) is 2.74 Å². The predicted molar refractivity (Wildman–Crippen MR) is 356 cm³/mol. The number of aromatic nitrogens is 1. The highest BCUT2D eigenvalue weighted by atomic mass is 15.3. The highest BCUT2D eigenvalue weighted by Crippen LogP contribution is 2.68. The Hall–Kier alpha value is -5.55. The van der Waals surface area contributed by atoms with Gasteiger partial charge in [-0.2, -0.15) is 0 Å². The highest BCUT2D eigenvalue weighted by molar-refractivity contribution is 5.76. The molecule has 7 fully saturated rings. The summed E-state index contributed by atoms with van der Waals surface area (Å²) in [6.45, 7) is 35.7. The Labute approximate surface area is 509 Å². The van der Waals surface area contributed by atoms with Crippen molar-refractivity contribution >= 4 is 34.3 Å². The van der Waals surface area contributed by atoms with Crippen LogP contribution in [0.2, 0.25) is 0 Å². The summed E-state index contributed by atoms with van der Waals surface area (Å²) in [5.74, 6) is 3.93. The maximum atomic E-state index is 9.61. The van der Waals surface area contributed by atoms with Crippen LogP contribution in [0.3, 0.4) is 0 Å². The van der Waals surface area contributed by atoms with Crippen LogP contribution >= 0.6 is 0 Å². The Morgan fingerprint density at radius 3 is 1.45 bits per heavy atom. The first-order chi connectivity index (χ1) is 41.0. The van der Waals surface area contributed by atoms with Crippen molar-refractivity contribution in [1.29, 1.82) is 0 Å². The van der Waals surface area contributed by atoms with E-state index in [1.54, 1.807) is 0 Å². The zero-order valence-electron chi connectivity index (χ0n) is 57.9. The summed E-state index contributed by atoms with van der Waals surface area (Å²) in [5.41, 5.74) is 13.2. The van der Waals surface area contributed by atoms with Gasteiger partial charge in [-0.25, -0.2) is 4.98 Å². The van der Waals surface area contributed by atoms with Crippen LogP contribution in [0.15, 0.2) is 140 Å². The van der Waals surface area contributed by atoms with Crippen molar-refractivity contribution in [1.82, 2.24) is 4.98 Å². The third-order valence-electron chi connectivity index (χ3n) is 23.0. The average Bonchev–Trinajstić information content (AvgIpc) is 1.53. The molecule has 2 spiro atoms. The summed E-state index contributed by atoms with van der Waals surface area (Å²) in [6.07, 6.45) is 13.0. The number of rotatable bonds is 4. The van der Waals surface area contributed by atoms with Crippen molar-refractivity contribution in [2.24, 2.45) is 34.5 Å². The second-order valence-electron chi connectivity index (χ2n) is 29.3. The van der Waals surface area contributed by atoms with Crippen LogP contribution in [0, 0.1) is 62.2 Å². The molecule has 1 aromatic heterocycles. The topological polar surface area (TPSA) is 25.9 Å². The van der Waals surface area contributed by atoms with Crippen molar-refractivity contribution in [3.63, 3.8) is 0 Å². The second kappa shape index (κ2) is 22.4.